The Morgan fingerprint density at radius 1 is 1.04 bits per heavy atom. The quantitative estimate of drug-likeness (QED) is 0.176. The van der Waals surface area contributed by atoms with Crippen molar-refractivity contribution in [2.75, 3.05) is 24.1 Å². The lowest BCUT2D eigenvalue weighted by molar-refractivity contribution is -0.140. The van der Waals surface area contributed by atoms with Crippen LogP contribution in [0.15, 0.2) is 82.4 Å². The average Bonchev–Trinajstić information content (AvgIpc) is 3.80. The van der Waals surface area contributed by atoms with Crippen LogP contribution in [0.3, 0.4) is 0 Å². The number of fused-ring (bicyclic) bond motifs is 1. The Balaban J connectivity index is 1.22. The van der Waals surface area contributed by atoms with Crippen LogP contribution >= 0.6 is 0 Å². The number of nitrogen functional groups attached to an aromatic ring is 1. The highest BCUT2D eigenvalue weighted by Crippen LogP contribution is 2.33. The molecule has 17 heteroatoms. The second-order valence-corrected chi connectivity index (χ2v) is 11.5. The van der Waals surface area contributed by atoms with Crippen molar-refractivity contribution in [3.8, 4) is 28.2 Å². The van der Waals surface area contributed by atoms with E-state index in [-0.39, 0.29) is 33.8 Å². The number of hydrogen-bond donors (Lipinski definition) is 5. The van der Waals surface area contributed by atoms with Crippen molar-refractivity contribution in [1.82, 2.24) is 39.4 Å². The highest BCUT2D eigenvalue weighted by Gasteiger charge is 2.39. The third kappa shape index (κ3) is 6.07. The summed E-state index contributed by atoms with van der Waals surface area (Å²) in [6.45, 7) is 2.02. The number of likely N-dealkylation sites (tertiary alicyclic amines) is 1. The van der Waals surface area contributed by atoms with Gasteiger partial charge in [0.2, 0.25) is 5.95 Å². The van der Waals surface area contributed by atoms with Crippen LogP contribution in [0.1, 0.15) is 17.7 Å². The number of amides is 1. The van der Waals surface area contributed by atoms with E-state index in [4.69, 9.17) is 5.73 Å². The number of aliphatic hydroxyl groups excluding tert-OH is 1. The van der Waals surface area contributed by atoms with Crippen LogP contribution in [0.5, 0.6) is 0 Å². The Labute approximate surface area is 273 Å². The summed E-state index contributed by atoms with van der Waals surface area (Å²) >= 11 is 0. The second-order valence-electron chi connectivity index (χ2n) is 11.5. The standard InChI is InChI=1S/C32H27F3N10O4/c33-32(34,35)26-24-25(45(42-26)21-6-3-5-18(14-21)27-39-29(36)41-40-27)28(47)44(31(49)38-24)30(48)37-20-10-8-17(9-11-20)23-7-2-1-4-19(23)15-43-13-12-22(46)16-43/h1-11,14,22,46H,12-13,15-16H2,(H,37,48)(H,38,49)(H3,36,39,40,41). The molecule has 0 bridgehead atoms. The molecule has 7 rings (SSSR count). The first-order chi connectivity index (χ1) is 23.5. The third-order valence-electron chi connectivity index (χ3n) is 8.17. The van der Waals surface area contributed by atoms with Crippen molar-refractivity contribution in [3.63, 3.8) is 0 Å². The molecular formula is C32H27F3N10O4. The molecule has 1 unspecified atom stereocenters. The minimum absolute atomic E-state index is 0.000795. The van der Waals surface area contributed by atoms with Gasteiger partial charge in [-0.15, -0.1) is 5.10 Å². The molecule has 0 aliphatic carbocycles. The van der Waals surface area contributed by atoms with Gasteiger partial charge in [-0.1, -0.05) is 48.5 Å². The Hall–Kier alpha value is -6.07. The van der Waals surface area contributed by atoms with Crippen molar-refractivity contribution in [2.24, 2.45) is 0 Å². The molecule has 1 saturated heterocycles. The molecule has 0 spiro atoms. The first kappa shape index (κ1) is 31.5. The van der Waals surface area contributed by atoms with Gasteiger partial charge < -0.3 is 21.1 Å². The highest BCUT2D eigenvalue weighted by molar-refractivity contribution is 5.93. The Bertz CT molecular complexity index is 2330. The summed E-state index contributed by atoms with van der Waals surface area (Å²) in [5.41, 5.74) is 3.20. The van der Waals surface area contributed by atoms with E-state index in [1.54, 1.807) is 30.3 Å². The summed E-state index contributed by atoms with van der Waals surface area (Å²) in [5, 5.41) is 22.3. The molecule has 3 aromatic carbocycles. The highest BCUT2D eigenvalue weighted by atomic mass is 19.4. The van der Waals surface area contributed by atoms with E-state index < -0.39 is 40.2 Å². The summed E-state index contributed by atoms with van der Waals surface area (Å²) in [6, 6.07) is 19.1. The van der Waals surface area contributed by atoms with E-state index in [1.165, 1.54) is 18.2 Å². The van der Waals surface area contributed by atoms with Gasteiger partial charge in [0.1, 0.15) is 5.52 Å². The number of rotatable bonds is 6. The molecule has 4 heterocycles. The largest absolute Gasteiger partial charge is 0.437 e. The molecule has 1 fully saturated rings. The summed E-state index contributed by atoms with van der Waals surface area (Å²) in [7, 11) is 0. The fourth-order valence-electron chi connectivity index (χ4n) is 5.90. The molecule has 1 atom stereocenters. The Kier molecular flexibility index (Phi) is 7.84. The second kappa shape index (κ2) is 12.2. The fourth-order valence-corrected chi connectivity index (χ4v) is 5.90. The number of nitrogens with one attached hydrogen (secondary N) is 3. The smallest absolute Gasteiger partial charge is 0.392 e. The van der Waals surface area contributed by atoms with Gasteiger partial charge in [0.25, 0.3) is 5.56 Å². The monoisotopic (exact) mass is 672 g/mol. The molecule has 49 heavy (non-hydrogen) atoms. The number of carbonyl (C=O) groups is 1. The lowest BCUT2D eigenvalue weighted by Gasteiger charge is -2.18. The number of β-amino-alcohol motifs (C(OH)–C–C–N with tert-alkyl or cyclic N) is 1. The van der Waals surface area contributed by atoms with E-state index in [2.05, 4.69) is 30.5 Å². The number of carbonyl (C=O) groups excluding carboxylic acids is 1. The topological polar surface area (TPSA) is 193 Å². The molecule has 6 N–H and O–H groups in total. The number of hydrogen-bond acceptors (Lipinski definition) is 9. The molecule has 0 saturated carbocycles. The number of benzene rings is 3. The third-order valence-corrected chi connectivity index (χ3v) is 8.17. The molecule has 6 aromatic rings. The molecule has 1 aliphatic rings. The van der Waals surface area contributed by atoms with Crippen molar-refractivity contribution < 1.29 is 23.1 Å². The van der Waals surface area contributed by atoms with E-state index in [1.807, 2.05) is 29.2 Å². The summed E-state index contributed by atoms with van der Waals surface area (Å²) in [5.74, 6) is 0.146. The molecule has 250 valence electrons. The fraction of sp³-hybridized carbons (Fsp3) is 0.188. The van der Waals surface area contributed by atoms with Crippen LogP contribution in [-0.4, -0.2) is 69.7 Å². The molecular weight excluding hydrogens is 645 g/mol. The first-order valence-corrected chi connectivity index (χ1v) is 15.0. The number of halogens is 3. The van der Waals surface area contributed by atoms with Gasteiger partial charge >= 0.3 is 17.9 Å². The zero-order valence-corrected chi connectivity index (χ0v) is 25.4. The predicted octanol–water partition coefficient (Wildman–Crippen LogP) is 3.58. The van der Waals surface area contributed by atoms with Crippen molar-refractivity contribution >= 4 is 28.7 Å². The molecule has 0 radical (unpaired) electrons. The van der Waals surface area contributed by atoms with Crippen LogP contribution < -0.4 is 22.3 Å². The van der Waals surface area contributed by atoms with Crippen LogP contribution in [0.25, 0.3) is 39.2 Å². The van der Waals surface area contributed by atoms with E-state index in [9.17, 15) is 32.7 Å². The van der Waals surface area contributed by atoms with E-state index in [0.717, 1.165) is 23.2 Å². The first-order valence-electron chi connectivity index (χ1n) is 15.0. The predicted molar refractivity (Wildman–Crippen MR) is 173 cm³/mol. The number of nitrogens with two attached hydrogens (primary N) is 1. The normalized spacial score (nSPS) is 15.2. The van der Waals surface area contributed by atoms with Crippen LogP contribution in [0.2, 0.25) is 0 Å². The van der Waals surface area contributed by atoms with E-state index >= 15 is 0 Å². The minimum atomic E-state index is -5.06. The van der Waals surface area contributed by atoms with Gasteiger partial charge in [-0.2, -0.15) is 27.8 Å². The van der Waals surface area contributed by atoms with Crippen molar-refractivity contribution in [3.05, 3.63) is 105 Å². The lowest BCUT2D eigenvalue weighted by atomic mass is 9.99. The van der Waals surface area contributed by atoms with Gasteiger partial charge in [-0.25, -0.2) is 14.3 Å². The van der Waals surface area contributed by atoms with Crippen molar-refractivity contribution in [2.45, 2.75) is 25.2 Å². The van der Waals surface area contributed by atoms with Gasteiger partial charge in [0.05, 0.1) is 11.8 Å². The number of nitrogens with zero attached hydrogens (tertiary/aromatic N) is 6. The summed E-state index contributed by atoms with van der Waals surface area (Å²) in [6.07, 6.45) is -4.69. The summed E-state index contributed by atoms with van der Waals surface area (Å²) < 4.78 is 43.1. The molecule has 1 amide bonds. The Morgan fingerprint density at radius 2 is 1.82 bits per heavy atom. The van der Waals surface area contributed by atoms with Gasteiger partial charge in [0.15, 0.2) is 17.0 Å². The van der Waals surface area contributed by atoms with Gasteiger partial charge in [0, 0.05) is 30.9 Å². The summed E-state index contributed by atoms with van der Waals surface area (Å²) in [4.78, 5) is 48.2. The van der Waals surface area contributed by atoms with E-state index in [0.29, 0.717) is 29.8 Å². The van der Waals surface area contributed by atoms with Crippen LogP contribution in [0.4, 0.5) is 29.6 Å². The van der Waals surface area contributed by atoms with Crippen LogP contribution in [0, 0.1) is 0 Å². The number of anilines is 2. The zero-order chi connectivity index (χ0) is 34.4. The number of aliphatic hydroxyl groups is 1. The Morgan fingerprint density at radius 3 is 2.51 bits per heavy atom. The van der Waals surface area contributed by atoms with Gasteiger partial charge in [-0.05, 0) is 47.4 Å². The molecule has 1 aliphatic heterocycles. The minimum Gasteiger partial charge on any atom is -0.392 e. The number of alkyl halides is 3. The average molecular weight is 673 g/mol. The maximum absolute atomic E-state index is 14.1. The molecule has 3 aromatic heterocycles. The number of H-pyrrole nitrogens is 2. The lowest BCUT2D eigenvalue weighted by Crippen LogP contribution is -2.42. The maximum Gasteiger partial charge on any atom is 0.437 e. The SMILES string of the molecule is Nc1n[nH]c(-c2cccc(-n3nc(C(F)(F)F)c4[nH]c(=O)n(C(=O)Nc5ccc(-c6ccccc6CN6CCC(O)C6)cc5)c(=O)c43)c2)n1. The molecule has 14 nitrogen and oxygen atoms in total. The zero-order valence-electron chi connectivity index (χ0n) is 25.4. The maximum atomic E-state index is 14.1. The van der Waals surface area contributed by atoms with Crippen molar-refractivity contribution in [1.29, 1.82) is 0 Å². The van der Waals surface area contributed by atoms with Crippen LogP contribution in [-0.2, 0) is 12.7 Å². The number of aromatic nitrogens is 7. The number of aromatic amines is 2. The van der Waals surface area contributed by atoms with Gasteiger partial charge in [-0.3, -0.25) is 14.8 Å².